The van der Waals surface area contributed by atoms with Crippen molar-refractivity contribution in [2.75, 3.05) is 0 Å². The average molecular weight is 1850 g/mol. The smallest absolute Gasteiger partial charge is 0 e. The maximum atomic E-state index is 3.57. The van der Waals surface area contributed by atoms with Gasteiger partial charge in [0.2, 0.25) is 0 Å². The number of hydrogen-bond donors (Lipinski definition) is 0. The first kappa shape index (κ1) is 90.4. The number of fused-ring (bicyclic) bond motifs is 10. The van der Waals surface area contributed by atoms with E-state index < -0.39 is 0 Å². The predicted molar refractivity (Wildman–Crippen MR) is 108 cm³/mol. The van der Waals surface area contributed by atoms with Crippen molar-refractivity contribution in [1.29, 1.82) is 0 Å². The van der Waals surface area contributed by atoms with Crippen molar-refractivity contribution in [3.8, 4) is 22.3 Å². The first-order chi connectivity index (χ1) is 13.2. The second-order valence-corrected chi connectivity index (χ2v) is 7.62. The van der Waals surface area contributed by atoms with E-state index in [0.717, 1.165) is 0 Å². The summed E-state index contributed by atoms with van der Waals surface area (Å²) >= 11 is 0. The topological polar surface area (TPSA) is 0 Å². The Balaban J connectivity index is -0.0000000602. The summed E-state index contributed by atoms with van der Waals surface area (Å²) in [6.07, 6.45) is 0. The molecule has 0 fully saturated rings. The van der Waals surface area contributed by atoms with Crippen molar-refractivity contribution < 1.29 is 556 Å². The van der Waals surface area contributed by atoms with Crippen LogP contribution in [0, 0.1) is 38.1 Å². The number of aryl methyl sites for hydroxylation is 2. The largest absolute Gasteiger partial charge is 0.359 e. The number of rotatable bonds is 0. The van der Waals surface area contributed by atoms with E-state index in [2.05, 4.69) is 86.6 Å². The second kappa shape index (κ2) is 45.2. The van der Waals surface area contributed by atoms with Crippen LogP contribution in [0.15, 0.2) is 60.7 Å². The molecule has 17 heteroatoms. The van der Waals surface area contributed by atoms with Crippen LogP contribution in [-0.2, 0) is 561 Å². The number of hydrogen-bond acceptors (Lipinski definition) is 0. The van der Waals surface area contributed by atoms with Crippen LogP contribution in [0.25, 0.3) is 22.3 Å². The SMILES string of the molecule is Cc1c[c-]c2c(c1)[C@]1(c3c[c-]c[c-]c3-c3ccc(C)cc31)c1c[c-]ccc1-2.[Y].[Y].[Y].[Y].[Y].[Y].[Y].[Y].[Y].[Y].[Y].[Y].[Y].[Y].[Y].[Y].[Y]. The third-order valence-corrected chi connectivity index (χ3v) is 6.08. The van der Waals surface area contributed by atoms with Gasteiger partial charge in [-0.15, -0.1) is 34.7 Å². The van der Waals surface area contributed by atoms with Gasteiger partial charge >= 0.3 is 0 Å². The summed E-state index contributed by atoms with van der Waals surface area (Å²) in [6.45, 7) is 4.32. The van der Waals surface area contributed by atoms with Gasteiger partial charge in [-0.25, -0.2) is 22.8 Å². The minimum atomic E-state index is -0.324. The molecule has 1 atom stereocenters. The second-order valence-electron chi connectivity index (χ2n) is 7.62. The molecule has 0 saturated carbocycles. The molecule has 0 nitrogen and oxygen atoms in total. The molecule has 0 heterocycles. The van der Waals surface area contributed by atoms with Gasteiger partial charge in [0.15, 0.2) is 0 Å². The summed E-state index contributed by atoms with van der Waals surface area (Å²) in [5, 5.41) is 0. The van der Waals surface area contributed by atoms with Crippen LogP contribution in [0.5, 0.6) is 0 Å². The molecule has 0 aliphatic heterocycles. The quantitative estimate of drug-likeness (QED) is 0.169. The van der Waals surface area contributed by atoms with Crippen LogP contribution in [0.3, 0.4) is 0 Å². The summed E-state index contributed by atoms with van der Waals surface area (Å²) in [6, 6.07) is 35.3. The number of benzene rings is 4. The van der Waals surface area contributed by atoms with Gasteiger partial charge in [-0.2, -0.15) is 23.8 Å². The van der Waals surface area contributed by atoms with Crippen LogP contribution in [0.1, 0.15) is 33.4 Å². The molecule has 0 bridgehead atoms. The summed E-state index contributed by atoms with van der Waals surface area (Å²) in [7, 11) is 0. The van der Waals surface area contributed by atoms with Crippen molar-refractivity contribution in [3.63, 3.8) is 0 Å². The van der Waals surface area contributed by atoms with E-state index in [1.165, 1.54) is 55.6 Å². The molecule has 0 N–H and O–H groups in total. The van der Waals surface area contributed by atoms with Crippen LogP contribution >= 0.6 is 0 Å². The van der Waals surface area contributed by atoms with E-state index in [1.54, 1.807) is 0 Å². The van der Waals surface area contributed by atoms with Gasteiger partial charge in [-0.3, -0.25) is 11.6 Å². The van der Waals surface area contributed by atoms with E-state index in [1.807, 2.05) is 12.1 Å². The molecule has 179 valence electrons. The molecule has 1 spiro atoms. The Hall–Kier alpha value is 15.6. The fraction of sp³-hybridized carbons (Fsp3) is 0.111. The maximum Gasteiger partial charge on any atom is 0 e. The van der Waals surface area contributed by atoms with Crippen molar-refractivity contribution in [2.45, 2.75) is 19.3 Å². The Morgan fingerprint density at radius 1 is 0.432 bits per heavy atom. The van der Waals surface area contributed by atoms with E-state index >= 15 is 0 Å². The Morgan fingerprint density at radius 2 is 0.909 bits per heavy atom. The van der Waals surface area contributed by atoms with Gasteiger partial charge in [-0.05, 0) is 6.92 Å². The summed E-state index contributed by atoms with van der Waals surface area (Å²) < 4.78 is 0. The van der Waals surface area contributed by atoms with Crippen LogP contribution in [0.2, 0.25) is 0 Å². The zero-order valence-corrected chi connectivity index (χ0v) is 73.3. The normalized spacial score (nSPS) is 11.1. The molecule has 0 unspecified atom stereocenters. The molecule has 0 aromatic heterocycles. The van der Waals surface area contributed by atoms with Gasteiger partial charge in [0.05, 0.1) is 0 Å². The summed E-state index contributed by atoms with van der Waals surface area (Å²) in [5.74, 6) is 0. The zero-order chi connectivity index (χ0) is 18.2. The molecule has 2 aliphatic carbocycles. The van der Waals surface area contributed by atoms with Crippen LogP contribution < -0.4 is 0 Å². The summed E-state index contributed by atoms with van der Waals surface area (Å²) in [5.41, 5.74) is 12.3. The van der Waals surface area contributed by atoms with Gasteiger partial charge in [0, 0.05) is 556 Å². The monoisotopic (exact) mass is 1850 g/mol. The van der Waals surface area contributed by atoms with E-state index in [0.29, 0.717) is 0 Å². The van der Waals surface area contributed by atoms with Crippen molar-refractivity contribution in [3.05, 3.63) is 118 Å². The molecule has 17 radical (unpaired) electrons. The van der Waals surface area contributed by atoms with Crippen molar-refractivity contribution >= 4 is 0 Å². The van der Waals surface area contributed by atoms with Crippen LogP contribution in [0.4, 0.5) is 0 Å². The third-order valence-electron chi connectivity index (χ3n) is 6.08. The molecule has 4 aromatic carbocycles. The zero-order valence-electron chi connectivity index (χ0n) is 25.1. The predicted octanol–water partition coefficient (Wildman–Crippen LogP) is 5.81. The minimum Gasteiger partial charge on any atom is -0.359 e. The molecule has 0 saturated heterocycles. The summed E-state index contributed by atoms with van der Waals surface area (Å²) in [4.78, 5) is 0. The van der Waals surface area contributed by atoms with Gasteiger partial charge in [0.1, 0.15) is 0 Å². The van der Waals surface area contributed by atoms with Crippen molar-refractivity contribution in [1.82, 2.24) is 0 Å². The third kappa shape index (κ3) is 20.2. The molecule has 0 amide bonds. The standard InChI is InChI=1S/C27H16.17Y/c1-17-11-13-21-19-7-3-5-9-23(19)27(25(21)15-17)24-10-6-4-8-20(24)22-14-12-18(2)16-26(22)27;;;;;;;;;;;;;;;;;/h3-4,7,9-12,14-16H,1-2H3;;;;;;;;;;;;;;;;;/q-4;;;;;;;;;;;;;;;;;/t27-;;;;;;;;;;;;;;;;;/m1................./s1. The molecular formula is C27H16Y17-4. The Morgan fingerprint density at radius 3 is 1.48 bits per heavy atom. The minimum absolute atomic E-state index is 0. The van der Waals surface area contributed by atoms with Crippen molar-refractivity contribution in [2.24, 2.45) is 0 Å². The van der Waals surface area contributed by atoms with Crippen LogP contribution in [-0.4, -0.2) is 0 Å². The Labute approximate surface area is 693 Å². The first-order valence-corrected chi connectivity index (χ1v) is 9.29. The van der Waals surface area contributed by atoms with Gasteiger partial charge in [-0.1, -0.05) is 41.8 Å². The molecule has 4 aromatic rings. The Bertz CT molecular complexity index is 1190. The maximum absolute atomic E-state index is 3.57. The first-order valence-electron chi connectivity index (χ1n) is 9.29. The fourth-order valence-electron chi connectivity index (χ4n) is 5.05. The van der Waals surface area contributed by atoms with Gasteiger partial charge < -0.3 is 18.2 Å². The van der Waals surface area contributed by atoms with E-state index in [9.17, 15) is 0 Å². The molecular weight excluding hydrogens is 1840 g/mol. The van der Waals surface area contributed by atoms with E-state index in [4.69, 9.17) is 0 Å². The molecule has 2 aliphatic rings. The van der Waals surface area contributed by atoms with E-state index in [-0.39, 0.29) is 561 Å². The Kier molecular flexibility index (Phi) is 92.9. The fourth-order valence-corrected chi connectivity index (χ4v) is 5.05. The molecule has 6 rings (SSSR count). The van der Waals surface area contributed by atoms with Gasteiger partial charge in [0.25, 0.3) is 0 Å². The average Bonchev–Trinajstić information content (AvgIpc) is 3.14. The molecule has 44 heavy (non-hydrogen) atoms.